The fourth-order valence-corrected chi connectivity index (χ4v) is 7.51. The predicted octanol–water partition coefficient (Wildman–Crippen LogP) is 3.90. The highest BCUT2D eigenvalue weighted by Gasteiger charge is 2.77. The largest absolute Gasteiger partial charge is 0.466 e. The molecule has 206 valence electrons. The Morgan fingerprint density at radius 3 is 2.59 bits per heavy atom. The van der Waals surface area contributed by atoms with E-state index in [9.17, 15) is 19.5 Å². The van der Waals surface area contributed by atoms with Gasteiger partial charge in [0, 0.05) is 22.1 Å². The van der Waals surface area contributed by atoms with Crippen LogP contribution in [0, 0.1) is 11.8 Å². The summed E-state index contributed by atoms with van der Waals surface area (Å²) in [5.74, 6) is -3.15. The minimum absolute atomic E-state index is 0.155. The van der Waals surface area contributed by atoms with E-state index >= 15 is 0 Å². The van der Waals surface area contributed by atoms with Gasteiger partial charge in [0.25, 0.3) is 5.91 Å². The van der Waals surface area contributed by atoms with Crippen LogP contribution in [-0.2, 0) is 23.9 Å². The van der Waals surface area contributed by atoms with E-state index in [1.54, 1.807) is 49.4 Å². The van der Waals surface area contributed by atoms with Crippen molar-refractivity contribution in [1.29, 1.82) is 0 Å². The van der Waals surface area contributed by atoms with E-state index in [0.717, 1.165) is 0 Å². The molecule has 8 nitrogen and oxygen atoms in total. The van der Waals surface area contributed by atoms with Crippen LogP contribution in [0.4, 0.5) is 5.69 Å². The van der Waals surface area contributed by atoms with E-state index in [0.29, 0.717) is 22.7 Å². The summed E-state index contributed by atoms with van der Waals surface area (Å²) >= 11 is 9.76. The lowest BCUT2D eigenvalue weighted by molar-refractivity contribution is -0.155. The van der Waals surface area contributed by atoms with Gasteiger partial charge in [-0.3, -0.25) is 14.4 Å². The summed E-state index contributed by atoms with van der Waals surface area (Å²) in [6.45, 7) is 5.43. The molecule has 2 aromatic carbocycles. The third kappa shape index (κ3) is 4.49. The quantitative estimate of drug-likeness (QED) is 0.261. The van der Waals surface area contributed by atoms with Gasteiger partial charge < -0.3 is 24.4 Å². The number of alkyl halides is 1. The minimum atomic E-state index is -1.29. The van der Waals surface area contributed by atoms with Gasteiger partial charge in [0.15, 0.2) is 0 Å². The molecule has 2 aromatic rings. The van der Waals surface area contributed by atoms with Gasteiger partial charge in [0.05, 0.1) is 37.2 Å². The maximum Gasteiger partial charge on any atom is 0.312 e. The van der Waals surface area contributed by atoms with Gasteiger partial charge in [-0.1, -0.05) is 63.9 Å². The summed E-state index contributed by atoms with van der Waals surface area (Å²) in [5, 5.41) is 11.1. The van der Waals surface area contributed by atoms with E-state index in [-0.39, 0.29) is 18.0 Å². The van der Waals surface area contributed by atoms with Crippen molar-refractivity contribution in [3.05, 3.63) is 77.8 Å². The number of halogens is 2. The molecule has 2 amide bonds. The molecule has 3 aliphatic rings. The maximum atomic E-state index is 14.6. The second-order valence-corrected chi connectivity index (χ2v) is 11.6. The zero-order chi connectivity index (χ0) is 27.9. The van der Waals surface area contributed by atoms with Crippen LogP contribution < -0.4 is 4.90 Å². The number of rotatable bonds is 9. The van der Waals surface area contributed by atoms with E-state index < -0.39 is 60.0 Å². The molecule has 5 rings (SSSR count). The van der Waals surface area contributed by atoms with Crippen LogP contribution in [0.15, 0.2) is 67.3 Å². The van der Waals surface area contributed by atoms with Crippen molar-refractivity contribution in [3.8, 4) is 0 Å². The lowest BCUT2D eigenvalue weighted by Gasteiger charge is -2.39. The van der Waals surface area contributed by atoms with Crippen molar-refractivity contribution in [2.45, 2.75) is 42.0 Å². The standard InChI is InChI=1S/C29H30BrClN2O6/c1-3-14-32(19-12-10-18(31)11-13-19)27(36)25-29-15-20(30)24(39-29)22(28(37)38-4-2)23(29)26(35)33(25)21(16-34)17-8-6-5-7-9-17/h3,5-13,20-25,34H,1,4,14-16H2,2H3/t20?,21-,22-,23+,24-,25?,29?/m1/s1. The molecule has 3 saturated heterocycles. The van der Waals surface area contributed by atoms with Crippen molar-refractivity contribution < 1.29 is 29.0 Å². The Kier molecular flexibility index (Phi) is 7.88. The molecule has 2 bridgehead atoms. The van der Waals surface area contributed by atoms with E-state index in [1.165, 1.54) is 9.80 Å². The lowest BCUT2D eigenvalue weighted by Crippen LogP contribution is -2.57. The first kappa shape index (κ1) is 27.8. The molecule has 1 spiro atoms. The van der Waals surface area contributed by atoms with Crippen LogP contribution in [0.3, 0.4) is 0 Å². The Labute approximate surface area is 240 Å². The fourth-order valence-electron chi connectivity index (χ4n) is 6.44. The number of aliphatic hydroxyl groups is 1. The minimum Gasteiger partial charge on any atom is -0.466 e. The van der Waals surface area contributed by atoms with Crippen LogP contribution in [-0.4, -0.2) is 70.1 Å². The van der Waals surface area contributed by atoms with Gasteiger partial charge in [-0.15, -0.1) is 6.58 Å². The second kappa shape index (κ2) is 11.0. The van der Waals surface area contributed by atoms with Crippen LogP contribution in [0.1, 0.15) is 24.9 Å². The molecular formula is C29H30BrClN2O6. The number of ether oxygens (including phenoxy) is 2. The number of nitrogens with zero attached hydrogens (tertiary/aromatic N) is 2. The van der Waals surface area contributed by atoms with E-state index in [1.807, 2.05) is 18.2 Å². The molecule has 7 atom stereocenters. The van der Waals surface area contributed by atoms with Crippen LogP contribution >= 0.6 is 27.5 Å². The van der Waals surface area contributed by atoms with Gasteiger partial charge in [-0.25, -0.2) is 0 Å². The second-order valence-electron chi connectivity index (χ2n) is 9.98. The highest BCUT2D eigenvalue weighted by atomic mass is 79.9. The molecule has 10 heteroatoms. The Morgan fingerprint density at radius 1 is 1.28 bits per heavy atom. The number of anilines is 1. The molecular weight excluding hydrogens is 588 g/mol. The SMILES string of the molecule is C=CCN(C(=O)C1N([C@H](CO)c2ccccc2)C(=O)[C@@H]2[C@@H](C(=O)OCC)[C@@H]3OC12CC3Br)c1ccc(Cl)cc1. The molecule has 1 N–H and O–H groups in total. The summed E-state index contributed by atoms with van der Waals surface area (Å²) in [5.41, 5.74) is -0.0537. The number of benzene rings is 2. The average molecular weight is 618 g/mol. The summed E-state index contributed by atoms with van der Waals surface area (Å²) in [7, 11) is 0. The van der Waals surface area contributed by atoms with Gasteiger partial charge in [0.2, 0.25) is 5.91 Å². The molecule has 0 aromatic heterocycles. The zero-order valence-corrected chi connectivity index (χ0v) is 23.8. The third-order valence-electron chi connectivity index (χ3n) is 7.93. The lowest BCUT2D eigenvalue weighted by atomic mass is 9.70. The highest BCUT2D eigenvalue weighted by molar-refractivity contribution is 9.09. The number of hydrogen-bond acceptors (Lipinski definition) is 6. The Hall–Kier alpha value is -2.72. The number of aliphatic hydroxyl groups excluding tert-OH is 1. The zero-order valence-electron chi connectivity index (χ0n) is 21.4. The fraction of sp³-hybridized carbons (Fsp3) is 0.414. The first-order chi connectivity index (χ1) is 18.8. The predicted molar refractivity (Wildman–Crippen MR) is 149 cm³/mol. The number of amides is 2. The number of carbonyl (C=O) groups excluding carboxylic acids is 3. The number of esters is 1. The molecule has 0 aliphatic carbocycles. The van der Waals surface area contributed by atoms with Gasteiger partial charge in [-0.2, -0.15) is 0 Å². The van der Waals surface area contributed by atoms with Crippen LogP contribution in [0.2, 0.25) is 5.02 Å². The van der Waals surface area contributed by atoms with E-state index in [4.69, 9.17) is 21.1 Å². The molecule has 3 heterocycles. The van der Waals surface area contributed by atoms with Crippen molar-refractivity contribution >= 4 is 51.0 Å². The van der Waals surface area contributed by atoms with Crippen molar-refractivity contribution in [1.82, 2.24) is 4.90 Å². The number of hydrogen-bond donors (Lipinski definition) is 1. The van der Waals surface area contributed by atoms with Gasteiger partial charge >= 0.3 is 5.97 Å². The number of carbonyl (C=O) groups is 3. The summed E-state index contributed by atoms with van der Waals surface area (Å²) in [6, 6.07) is 13.9. The highest BCUT2D eigenvalue weighted by Crippen LogP contribution is 2.61. The van der Waals surface area contributed by atoms with Crippen molar-refractivity contribution in [2.24, 2.45) is 11.8 Å². The molecule has 3 aliphatic heterocycles. The molecule has 3 fully saturated rings. The summed E-state index contributed by atoms with van der Waals surface area (Å²) in [6.07, 6.45) is 1.32. The summed E-state index contributed by atoms with van der Waals surface area (Å²) in [4.78, 5) is 44.9. The number of fused-ring (bicyclic) bond motifs is 1. The Morgan fingerprint density at radius 2 is 1.97 bits per heavy atom. The van der Waals surface area contributed by atoms with Crippen molar-refractivity contribution in [2.75, 3.05) is 24.7 Å². The molecule has 39 heavy (non-hydrogen) atoms. The third-order valence-corrected chi connectivity index (χ3v) is 9.03. The van der Waals surface area contributed by atoms with E-state index in [2.05, 4.69) is 22.5 Å². The Balaban J connectivity index is 1.66. The van der Waals surface area contributed by atoms with Gasteiger partial charge in [-0.05, 0) is 43.2 Å². The Bertz CT molecular complexity index is 1260. The van der Waals surface area contributed by atoms with Gasteiger partial charge in [0.1, 0.15) is 11.6 Å². The molecule has 0 saturated carbocycles. The first-order valence-electron chi connectivity index (χ1n) is 12.9. The van der Waals surface area contributed by atoms with Crippen LogP contribution in [0.5, 0.6) is 0 Å². The normalized spacial score (nSPS) is 29.7. The molecule has 3 unspecified atom stereocenters. The molecule has 0 radical (unpaired) electrons. The monoisotopic (exact) mass is 616 g/mol. The smallest absolute Gasteiger partial charge is 0.312 e. The topological polar surface area (TPSA) is 96.4 Å². The van der Waals surface area contributed by atoms with Crippen LogP contribution in [0.25, 0.3) is 0 Å². The maximum absolute atomic E-state index is 14.6. The summed E-state index contributed by atoms with van der Waals surface area (Å²) < 4.78 is 11.9. The van der Waals surface area contributed by atoms with Crippen molar-refractivity contribution in [3.63, 3.8) is 0 Å². The number of likely N-dealkylation sites (tertiary alicyclic amines) is 1. The average Bonchev–Trinajstić information content (AvgIpc) is 3.52. The first-order valence-corrected chi connectivity index (χ1v) is 14.2.